The van der Waals surface area contributed by atoms with Gasteiger partial charge in [-0.2, -0.15) is 0 Å². The smallest absolute Gasteiger partial charge is 0.311 e. The lowest BCUT2D eigenvalue weighted by Gasteiger charge is -2.24. The summed E-state index contributed by atoms with van der Waals surface area (Å²) in [4.78, 5) is 11.5. The molecule has 4 heteroatoms. The number of aryl methyl sites for hydroxylation is 1. The maximum absolute atomic E-state index is 11.5. The summed E-state index contributed by atoms with van der Waals surface area (Å²) in [6.07, 6.45) is 2.34. The van der Waals surface area contributed by atoms with Crippen LogP contribution in [0.1, 0.15) is 36.9 Å². The van der Waals surface area contributed by atoms with Crippen molar-refractivity contribution in [2.45, 2.75) is 32.2 Å². The van der Waals surface area contributed by atoms with Crippen LogP contribution >= 0.6 is 0 Å². The zero-order chi connectivity index (χ0) is 14.0. The van der Waals surface area contributed by atoms with Gasteiger partial charge in [-0.05, 0) is 43.5 Å². The number of carboxylic acid groups (broad SMARTS) is 1. The largest absolute Gasteiger partial charge is 0.496 e. The highest BCUT2D eigenvalue weighted by Gasteiger charge is 2.56. The van der Waals surface area contributed by atoms with Gasteiger partial charge in [0.25, 0.3) is 0 Å². The molecule has 0 aromatic heterocycles. The van der Waals surface area contributed by atoms with Gasteiger partial charge >= 0.3 is 5.97 Å². The maximum Gasteiger partial charge on any atom is 0.311 e. The highest BCUT2D eigenvalue weighted by Crippen LogP contribution is 2.55. The fraction of sp³-hybridized carbons (Fsp3) is 0.533. The average molecular weight is 263 g/mol. The summed E-state index contributed by atoms with van der Waals surface area (Å²) in [7, 11) is 3.48. The predicted molar refractivity (Wildman–Crippen MR) is 73.5 cm³/mol. The van der Waals surface area contributed by atoms with Gasteiger partial charge in [-0.1, -0.05) is 19.1 Å². The molecule has 1 saturated carbocycles. The Morgan fingerprint density at radius 1 is 1.53 bits per heavy atom. The second-order valence-corrected chi connectivity index (χ2v) is 5.11. The molecule has 1 aromatic carbocycles. The molecule has 0 bridgehead atoms. The molecule has 1 aliphatic carbocycles. The Bertz CT molecular complexity index is 480. The minimum Gasteiger partial charge on any atom is -0.496 e. The number of carbonyl (C=O) groups is 1. The lowest BCUT2D eigenvalue weighted by atomic mass is 9.89. The normalized spacial score (nSPS) is 17.8. The molecule has 0 heterocycles. The van der Waals surface area contributed by atoms with Gasteiger partial charge in [-0.15, -0.1) is 0 Å². The minimum absolute atomic E-state index is 0.138. The van der Waals surface area contributed by atoms with Crippen LogP contribution in [0.3, 0.4) is 0 Å². The van der Waals surface area contributed by atoms with Crippen LogP contribution in [-0.4, -0.2) is 25.2 Å². The van der Waals surface area contributed by atoms with Gasteiger partial charge in [0, 0.05) is 6.04 Å². The maximum atomic E-state index is 11.5. The number of methoxy groups -OCH3 is 1. The first-order valence-corrected chi connectivity index (χ1v) is 6.66. The van der Waals surface area contributed by atoms with Crippen LogP contribution in [-0.2, 0) is 11.2 Å². The second kappa shape index (κ2) is 5.21. The highest BCUT2D eigenvalue weighted by atomic mass is 16.5. The summed E-state index contributed by atoms with van der Waals surface area (Å²) in [5.74, 6) is 0.155. The molecule has 0 spiro atoms. The third-order valence-electron chi connectivity index (χ3n) is 4.07. The van der Waals surface area contributed by atoms with E-state index in [0.717, 1.165) is 36.1 Å². The second-order valence-electron chi connectivity index (χ2n) is 5.11. The van der Waals surface area contributed by atoms with Crippen LogP contribution in [0, 0.1) is 5.41 Å². The third-order valence-corrected chi connectivity index (χ3v) is 4.07. The molecule has 1 fully saturated rings. The van der Waals surface area contributed by atoms with Crippen LogP contribution in [0.25, 0.3) is 0 Å². The number of nitrogens with one attached hydrogen (secondary N) is 1. The quantitative estimate of drug-likeness (QED) is 0.827. The summed E-state index contributed by atoms with van der Waals surface area (Å²) < 4.78 is 5.32. The van der Waals surface area contributed by atoms with Gasteiger partial charge in [0.15, 0.2) is 0 Å². The van der Waals surface area contributed by atoms with E-state index in [1.807, 2.05) is 19.2 Å². The molecule has 0 aliphatic heterocycles. The Labute approximate surface area is 113 Å². The van der Waals surface area contributed by atoms with Gasteiger partial charge in [0.1, 0.15) is 5.75 Å². The van der Waals surface area contributed by atoms with E-state index in [9.17, 15) is 9.90 Å². The summed E-state index contributed by atoms with van der Waals surface area (Å²) in [6, 6.07) is 5.81. The monoisotopic (exact) mass is 263 g/mol. The molecule has 1 aromatic rings. The van der Waals surface area contributed by atoms with Crippen LogP contribution in [0.4, 0.5) is 0 Å². The van der Waals surface area contributed by atoms with Crippen molar-refractivity contribution in [1.29, 1.82) is 0 Å². The Morgan fingerprint density at radius 2 is 2.21 bits per heavy atom. The molecule has 1 atom stereocenters. The molecule has 1 unspecified atom stereocenters. The molecule has 19 heavy (non-hydrogen) atoms. The van der Waals surface area contributed by atoms with E-state index in [1.165, 1.54) is 0 Å². The summed E-state index contributed by atoms with van der Waals surface area (Å²) in [5, 5.41) is 12.6. The standard InChI is InChI=1S/C15H21NO3/c1-4-10-9-11(5-6-12(10)19-3)13(16-2)15(7-8-15)14(17)18/h5-6,9,13,16H,4,7-8H2,1-3H3,(H,17,18). The van der Waals surface area contributed by atoms with Crippen molar-refractivity contribution in [3.05, 3.63) is 29.3 Å². The Hall–Kier alpha value is -1.55. The lowest BCUT2D eigenvalue weighted by Crippen LogP contribution is -2.32. The lowest BCUT2D eigenvalue weighted by molar-refractivity contribution is -0.144. The first-order chi connectivity index (χ1) is 9.08. The first kappa shape index (κ1) is 13.9. The van der Waals surface area contributed by atoms with Crippen molar-refractivity contribution in [3.63, 3.8) is 0 Å². The van der Waals surface area contributed by atoms with Crippen LogP contribution in [0.15, 0.2) is 18.2 Å². The van der Waals surface area contributed by atoms with Gasteiger partial charge in [-0.3, -0.25) is 4.79 Å². The van der Waals surface area contributed by atoms with Crippen molar-refractivity contribution in [2.24, 2.45) is 5.41 Å². The van der Waals surface area contributed by atoms with Gasteiger partial charge in [0.05, 0.1) is 12.5 Å². The zero-order valence-corrected chi connectivity index (χ0v) is 11.7. The molecular formula is C15H21NO3. The molecule has 104 valence electrons. The van der Waals surface area contributed by atoms with Gasteiger partial charge < -0.3 is 15.2 Å². The number of aliphatic carboxylic acids is 1. The van der Waals surface area contributed by atoms with Crippen molar-refractivity contribution < 1.29 is 14.6 Å². The average Bonchev–Trinajstić information content (AvgIpc) is 3.21. The summed E-state index contributed by atoms with van der Waals surface area (Å²) in [6.45, 7) is 2.07. The first-order valence-electron chi connectivity index (χ1n) is 6.66. The number of rotatable bonds is 6. The van der Waals surface area contributed by atoms with E-state index >= 15 is 0 Å². The molecule has 0 saturated heterocycles. The fourth-order valence-corrected chi connectivity index (χ4v) is 2.78. The van der Waals surface area contributed by atoms with E-state index in [4.69, 9.17) is 4.74 Å². The molecule has 2 N–H and O–H groups in total. The van der Waals surface area contributed by atoms with E-state index in [-0.39, 0.29) is 6.04 Å². The molecule has 4 nitrogen and oxygen atoms in total. The van der Waals surface area contributed by atoms with E-state index in [2.05, 4.69) is 18.3 Å². The molecule has 0 amide bonds. The van der Waals surface area contributed by atoms with Crippen LogP contribution in [0.5, 0.6) is 5.75 Å². The summed E-state index contributed by atoms with van der Waals surface area (Å²) in [5.41, 5.74) is 1.51. The van der Waals surface area contributed by atoms with E-state index < -0.39 is 11.4 Å². The number of benzene rings is 1. The SMILES string of the molecule is CCc1cc(C(NC)C2(C(=O)O)CC2)ccc1OC. The van der Waals surface area contributed by atoms with E-state index in [1.54, 1.807) is 7.11 Å². The Balaban J connectivity index is 2.37. The minimum atomic E-state index is -0.708. The van der Waals surface area contributed by atoms with Crippen molar-refractivity contribution >= 4 is 5.97 Å². The predicted octanol–water partition coefficient (Wildman–Crippen LogP) is 2.38. The Morgan fingerprint density at radius 3 is 2.63 bits per heavy atom. The molecule has 2 rings (SSSR count). The van der Waals surface area contributed by atoms with Gasteiger partial charge in [0.2, 0.25) is 0 Å². The zero-order valence-electron chi connectivity index (χ0n) is 11.7. The molecule has 0 radical (unpaired) electrons. The third kappa shape index (κ3) is 2.32. The molecule has 1 aliphatic rings. The topological polar surface area (TPSA) is 58.6 Å². The number of hydrogen-bond acceptors (Lipinski definition) is 3. The number of ether oxygens (including phenoxy) is 1. The summed E-state index contributed by atoms with van der Waals surface area (Å²) >= 11 is 0. The fourth-order valence-electron chi connectivity index (χ4n) is 2.78. The Kier molecular flexibility index (Phi) is 3.80. The number of hydrogen-bond donors (Lipinski definition) is 2. The number of carboxylic acids is 1. The highest BCUT2D eigenvalue weighted by molar-refractivity contribution is 5.79. The van der Waals surface area contributed by atoms with Gasteiger partial charge in [-0.25, -0.2) is 0 Å². The van der Waals surface area contributed by atoms with Crippen molar-refractivity contribution in [2.75, 3.05) is 14.2 Å². The molecular weight excluding hydrogens is 242 g/mol. The van der Waals surface area contributed by atoms with Crippen molar-refractivity contribution in [1.82, 2.24) is 5.32 Å². The van der Waals surface area contributed by atoms with E-state index in [0.29, 0.717) is 0 Å². The van der Waals surface area contributed by atoms with Crippen molar-refractivity contribution in [3.8, 4) is 5.75 Å². The van der Waals surface area contributed by atoms with Crippen LogP contribution in [0.2, 0.25) is 0 Å². The van der Waals surface area contributed by atoms with Crippen LogP contribution < -0.4 is 10.1 Å².